The van der Waals surface area contributed by atoms with Crippen molar-refractivity contribution in [3.63, 3.8) is 0 Å². The van der Waals surface area contributed by atoms with Crippen LogP contribution in [0.25, 0.3) is 0 Å². The van der Waals surface area contributed by atoms with Crippen molar-refractivity contribution in [3.05, 3.63) is 34.3 Å². The Hall–Kier alpha value is -1.79. The van der Waals surface area contributed by atoms with Gasteiger partial charge in [-0.2, -0.15) is 0 Å². The first-order valence-corrected chi connectivity index (χ1v) is 8.82. The number of nitrogens with zero attached hydrogens (tertiary/aromatic N) is 2. The van der Waals surface area contributed by atoms with Crippen LogP contribution in [0, 0.1) is 6.92 Å². The van der Waals surface area contributed by atoms with Crippen molar-refractivity contribution in [1.82, 2.24) is 15.1 Å². The zero-order chi connectivity index (χ0) is 18.4. The molecule has 0 bridgehead atoms. The quantitative estimate of drug-likeness (QED) is 0.869. The van der Waals surface area contributed by atoms with Crippen molar-refractivity contribution in [3.8, 4) is 0 Å². The highest BCUT2D eigenvalue weighted by Crippen LogP contribution is 2.17. The van der Waals surface area contributed by atoms with E-state index in [0.717, 1.165) is 35.5 Å². The van der Waals surface area contributed by atoms with Gasteiger partial charge in [-0.25, -0.2) is 4.79 Å². The number of hydrogen-bond acceptors (Lipinski definition) is 3. The lowest BCUT2D eigenvalue weighted by atomic mass is 10.0. The molecule has 1 aliphatic heterocycles. The molecule has 1 atom stereocenters. The van der Waals surface area contributed by atoms with Crippen LogP contribution in [0.5, 0.6) is 0 Å². The van der Waals surface area contributed by atoms with Gasteiger partial charge >= 0.3 is 6.03 Å². The molecule has 1 aromatic rings. The third-order valence-electron chi connectivity index (χ3n) is 4.55. The maximum atomic E-state index is 12.4. The summed E-state index contributed by atoms with van der Waals surface area (Å²) in [7, 11) is 3.29. The summed E-state index contributed by atoms with van der Waals surface area (Å²) in [5.74, 6) is -0.0300. The average molecular weight is 368 g/mol. The molecular formula is C18H26ClN3O3. The topological polar surface area (TPSA) is 61.9 Å². The van der Waals surface area contributed by atoms with Crippen LogP contribution >= 0.6 is 11.6 Å². The molecule has 1 fully saturated rings. The lowest BCUT2D eigenvalue weighted by Gasteiger charge is -2.37. The van der Waals surface area contributed by atoms with E-state index in [1.165, 1.54) is 7.11 Å². The van der Waals surface area contributed by atoms with Crippen LogP contribution in [0.15, 0.2) is 18.2 Å². The number of likely N-dealkylation sites (tertiary alicyclic amines) is 1. The van der Waals surface area contributed by atoms with Gasteiger partial charge in [0.15, 0.2) is 0 Å². The fourth-order valence-corrected chi connectivity index (χ4v) is 3.11. The fraction of sp³-hybridized carbons (Fsp3) is 0.556. The van der Waals surface area contributed by atoms with Crippen molar-refractivity contribution in [2.24, 2.45) is 0 Å². The first kappa shape index (κ1) is 19.5. The summed E-state index contributed by atoms with van der Waals surface area (Å²) >= 11 is 6.02. The molecule has 1 aromatic carbocycles. The van der Waals surface area contributed by atoms with E-state index in [2.05, 4.69) is 5.32 Å². The van der Waals surface area contributed by atoms with Gasteiger partial charge in [0, 0.05) is 38.8 Å². The minimum Gasteiger partial charge on any atom is -0.375 e. The lowest BCUT2D eigenvalue weighted by Crippen LogP contribution is -2.53. The summed E-state index contributed by atoms with van der Waals surface area (Å²) in [6, 6.07) is 5.58. The van der Waals surface area contributed by atoms with Crippen LogP contribution in [0.2, 0.25) is 5.02 Å². The number of nitrogens with one attached hydrogen (secondary N) is 1. The Balaban J connectivity index is 1.88. The number of likely N-dealkylation sites (N-methyl/N-ethyl adjacent to an activating group) is 1. The predicted molar refractivity (Wildman–Crippen MR) is 97.7 cm³/mol. The Morgan fingerprint density at radius 2 is 2.20 bits per heavy atom. The molecule has 0 radical (unpaired) electrons. The molecular weight excluding hydrogens is 342 g/mol. The Bertz CT molecular complexity index is 624. The van der Waals surface area contributed by atoms with Gasteiger partial charge in [0.25, 0.3) is 0 Å². The summed E-state index contributed by atoms with van der Waals surface area (Å²) in [6.07, 6.45) is 1.77. The number of benzene rings is 1. The minimum atomic E-state index is -0.140. The molecule has 6 nitrogen and oxygen atoms in total. The normalized spacial score (nSPS) is 17.3. The highest BCUT2D eigenvalue weighted by Gasteiger charge is 2.28. The molecule has 7 heteroatoms. The van der Waals surface area contributed by atoms with E-state index in [1.54, 1.807) is 16.8 Å². The predicted octanol–water partition coefficient (Wildman–Crippen LogP) is 2.43. The highest BCUT2D eigenvalue weighted by molar-refractivity contribution is 6.31. The number of methoxy groups -OCH3 is 1. The molecule has 0 aromatic heterocycles. The third-order valence-corrected chi connectivity index (χ3v) is 4.98. The molecule has 0 aliphatic carbocycles. The second kappa shape index (κ2) is 9.06. The molecule has 138 valence electrons. The van der Waals surface area contributed by atoms with Crippen LogP contribution in [-0.4, -0.2) is 61.6 Å². The first-order chi connectivity index (χ1) is 11.9. The molecule has 1 N–H and O–H groups in total. The van der Waals surface area contributed by atoms with E-state index in [1.807, 2.05) is 25.1 Å². The molecule has 0 spiro atoms. The monoisotopic (exact) mass is 367 g/mol. The Kier molecular flexibility index (Phi) is 7.08. The molecule has 0 unspecified atom stereocenters. The van der Waals surface area contributed by atoms with E-state index in [-0.39, 0.29) is 24.6 Å². The van der Waals surface area contributed by atoms with Crippen LogP contribution in [0.1, 0.15) is 24.0 Å². The number of amides is 3. The zero-order valence-electron chi connectivity index (χ0n) is 15.0. The minimum absolute atomic E-state index is 0.0153. The summed E-state index contributed by atoms with van der Waals surface area (Å²) in [5.41, 5.74) is 1.99. The third kappa shape index (κ3) is 5.34. The van der Waals surface area contributed by atoms with Gasteiger partial charge in [-0.1, -0.05) is 23.7 Å². The largest absolute Gasteiger partial charge is 0.375 e. The number of ether oxygens (including phenoxy) is 1. The van der Waals surface area contributed by atoms with Crippen molar-refractivity contribution >= 4 is 23.5 Å². The second-order valence-electron chi connectivity index (χ2n) is 6.42. The molecule has 1 heterocycles. The molecule has 1 saturated heterocycles. The summed E-state index contributed by atoms with van der Waals surface area (Å²) in [5, 5.41) is 3.65. The number of carbonyl (C=O) groups is 2. The standard InChI is InChI=1S/C18H26ClN3O3/c1-13-9-14(6-7-16(13)19)10-20-18(24)21(2)15-5-4-8-22(11-15)17(23)12-25-3/h6-7,9,15H,4-5,8,10-12H2,1-3H3,(H,20,24)/t15-/m1/s1. The second-order valence-corrected chi connectivity index (χ2v) is 6.83. The number of rotatable bonds is 5. The van der Waals surface area contributed by atoms with E-state index in [4.69, 9.17) is 16.3 Å². The number of aryl methyl sites for hydroxylation is 1. The maximum absolute atomic E-state index is 12.4. The van der Waals surface area contributed by atoms with E-state index in [0.29, 0.717) is 13.1 Å². The summed E-state index contributed by atoms with van der Waals surface area (Å²) < 4.78 is 4.91. The van der Waals surface area contributed by atoms with Crippen molar-refractivity contribution in [1.29, 1.82) is 0 Å². The van der Waals surface area contributed by atoms with Crippen LogP contribution in [0.3, 0.4) is 0 Å². The maximum Gasteiger partial charge on any atom is 0.317 e. The molecule has 25 heavy (non-hydrogen) atoms. The number of urea groups is 1. The number of hydrogen-bond donors (Lipinski definition) is 1. The van der Waals surface area contributed by atoms with Gasteiger partial charge in [0.1, 0.15) is 6.61 Å². The van der Waals surface area contributed by atoms with E-state index < -0.39 is 0 Å². The molecule has 3 amide bonds. The summed E-state index contributed by atoms with van der Waals surface area (Å²) in [6.45, 7) is 3.73. The lowest BCUT2D eigenvalue weighted by molar-refractivity contribution is -0.137. The molecule has 0 saturated carbocycles. The van der Waals surface area contributed by atoms with Crippen molar-refractivity contribution in [2.75, 3.05) is 33.9 Å². The summed E-state index contributed by atoms with van der Waals surface area (Å²) in [4.78, 5) is 27.9. The Morgan fingerprint density at radius 1 is 1.44 bits per heavy atom. The van der Waals surface area contributed by atoms with E-state index >= 15 is 0 Å². The Morgan fingerprint density at radius 3 is 2.88 bits per heavy atom. The van der Waals surface area contributed by atoms with Gasteiger partial charge in [-0.05, 0) is 37.0 Å². The number of carbonyl (C=O) groups excluding carboxylic acids is 2. The van der Waals surface area contributed by atoms with Crippen LogP contribution in [-0.2, 0) is 16.1 Å². The van der Waals surface area contributed by atoms with Crippen molar-refractivity contribution in [2.45, 2.75) is 32.4 Å². The van der Waals surface area contributed by atoms with E-state index in [9.17, 15) is 9.59 Å². The molecule has 1 aliphatic rings. The van der Waals surface area contributed by atoms with Gasteiger partial charge in [0.05, 0.1) is 6.04 Å². The fourth-order valence-electron chi connectivity index (χ4n) is 3.00. The van der Waals surface area contributed by atoms with Gasteiger partial charge < -0.3 is 19.9 Å². The highest BCUT2D eigenvalue weighted by atomic mass is 35.5. The number of halogens is 1. The van der Waals surface area contributed by atoms with Crippen LogP contribution in [0.4, 0.5) is 4.79 Å². The zero-order valence-corrected chi connectivity index (χ0v) is 15.8. The van der Waals surface area contributed by atoms with Crippen LogP contribution < -0.4 is 5.32 Å². The smallest absolute Gasteiger partial charge is 0.317 e. The SMILES string of the molecule is COCC(=O)N1CCC[C@@H](N(C)C(=O)NCc2ccc(Cl)c(C)c2)C1. The first-order valence-electron chi connectivity index (χ1n) is 8.44. The Labute approximate surface area is 154 Å². The van der Waals surface area contributed by atoms with Gasteiger partial charge in [-0.3, -0.25) is 4.79 Å². The average Bonchev–Trinajstić information content (AvgIpc) is 2.62. The number of piperidine rings is 1. The van der Waals surface area contributed by atoms with Crippen molar-refractivity contribution < 1.29 is 14.3 Å². The molecule has 2 rings (SSSR count). The van der Waals surface area contributed by atoms with Gasteiger partial charge in [0.2, 0.25) is 5.91 Å². The van der Waals surface area contributed by atoms with Gasteiger partial charge in [-0.15, -0.1) is 0 Å².